The number of hydrogen-bond acceptors (Lipinski definition) is 5. The Kier molecular flexibility index (Phi) is 6.12. The second-order valence-electron chi connectivity index (χ2n) is 7.40. The number of esters is 1. The number of rotatable bonds is 5. The maximum atomic E-state index is 12.8. The summed E-state index contributed by atoms with van der Waals surface area (Å²) in [5.41, 5.74) is 3.15. The number of nitrogens with zero attached hydrogens (tertiary/aromatic N) is 2. The summed E-state index contributed by atoms with van der Waals surface area (Å²) < 4.78 is 5.09. The largest absolute Gasteiger partial charge is 0.464 e. The minimum atomic E-state index is -0.484. The maximum Gasteiger partial charge on any atom is 0.354 e. The van der Waals surface area contributed by atoms with E-state index >= 15 is 0 Å². The average molecular weight is 426 g/mol. The third kappa shape index (κ3) is 4.30. The van der Waals surface area contributed by atoms with Crippen molar-refractivity contribution >= 4 is 17.3 Å². The topological polar surface area (TPSA) is 72.7 Å². The highest BCUT2D eigenvalue weighted by Crippen LogP contribution is 2.40. The number of nitro groups is 1. The second-order valence-corrected chi connectivity index (χ2v) is 7.40. The fourth-order valence-electron chi connectivity index (χ4n) is 3.94. The van der Waals surface area contributed by atoms with Crippen LogP contribution in [0.2, 0.25) is 0 Å². The summed E-state index contributed by atoms with van der Waals surface area (Å²) in [5, 5.41) is 11.1. The van der Waals surface area contributed by atoms with Gasteiger partial charge in [0.15, 0.2) is 0 Å². The molecule has 1 aliphatic heterocycles. The fourth-order valence-corrected chi connectivity index (χ4v) is 3.94. The van der Waals surface area contributed by atoms with E-state index in [1.54, 1.807) is 17.0 Å². The van der Waals surface area contributed by atoms with E-state index in [4.69, 9.17) is 4.74 Å². The van der Waals surface area contributed by atoms with Crippen LogP contribution in [-0.4, -0.2) is 18.0 Å². The van der Waals surface area contributed by atoms with Crippen LogP contribution in [0.3, 0.4) is 0 Å². The van der Waals surface area contributed by atoms with Gasteiger partial charge in [-0.3, -0.25) is 10.1 Å². The zero-order valence-electron chi connectivity index (χ0n) is 17.5. The van der Waals surface area contributed by atoms with E-state index in [-0.39, 0.29) is 17.5 Å². The highest BCUT2D eigenvalue weighted by Gasteiger charge is 2.29. The predicted octanol–water partition coefficient (Wildman–Crippen LogP) is 5.55. The first kappa shape index (κ1) is 21.1. The molecule has 2 atom stereocenters. The molecule has 0 spiro atoms. The lowest BCUT2D eigenvalue weighted by Gasteiger charge is -2.23. The minimum Gasteiger partial charge on any atom is -0.464 e. The summed E-state index contributed by atoms with van der Waals surface area (Å²) in [7, 11) is 1.35. The average Bonchev–Trinajstić information content (AvgIpc) is 3.05. The Morgan fingerprint density at radius 1 is 0.875 bits per heavy atom. The standard InChI is InChI=1S/C26H22N2O4/c1-32-26(29)25-18-24(20-10-6-3-7-11-20)23(19-8-4-2-5-9-19)16-17-27(25)21-12-14-22(15-13-21)28(30)31/h2-18,23-24H,1H3/t23-,24+/m1/s1. The van der Waals surface area contributed by atoms with Crippen molar-refractivity contribution in [3.8, 4) is 0 Å². The summed E-state index contributed by atoms with van der Waals surface area (Å²) in [6, 6.07) is 26.2. The Morgan fingerprint density at radius 2 is 1.44 bits per heavy atom. The van der Waals surface area contributed by atoms with Crippen molar-refractivity contribution in [1.82, 2.24) is 0 Å². The Labute approximate surface area is 186 Å². The van der Waals surface area contributed by atoms with Gasteiger partial charge in [0.1, 0.15) is 5.70 Å². The molecule has 0 N–H and O–H groups in total. The van der Waals surface area contributed by atoms with Gasteiger partial charge < -0.3 is 9.64 Å². The van der Waals surface area contributed by atoms with Gasteiger partial charge in [-0.1, -0.05) is 66.7 Å². The van der Waals surface area contributed by atoms with E-state index in [2.05, 4.69) is 18.2 Å². The molecule has 1 heterocycles. The lowest BCUT2D eigenvalue weighted by Crippen LogP contribution is -2.23. The van der Waals surface area contributed by atoms with E-state index in [0.29, 0.717) is 11.4 Å². The third-order valence-electron chi connectivity index (χ3n) is 5.53. The van der Waals surface area contributed by atoms with Crippen LogP contribution in [-0.2, 0) is 9.53 Å². The summed E-state index contributed by atoms with van der Waals surface area (Å²) in [4.78, 5) is 25.1. The molecule has 0 aromatic heterocycles. The van der Waals surface area contributed by atoms with Crippen LogP contribution in [0.1, 0.15) is 23.0 Å². The van der Waals surface area contributed by atoms with Gasteiger partial charge in [-0.05, 0) is 29.3 Å². The number of hydrogen-bond donors (Lipinski definition) is 0. The fraction of sp³-hybridized carbons (Fsp3) is 0.115. The molecule has 0 bridgehead atoms. The molecule has 3 aromatic carbocycles. The van der Waals surface area contributed by atoms with Gasteiger partial charge in [0.25, 0.3) is 5.69 Å². The van der Waals surface area contributed by atoms with Gasteiger partial charge in [0, 0.05) is 35.9 Å². The van der Waals surface area contributed by atoms with E-state index < -0.39 is 10.9 Å². The smallest absolute Gasteiger partial charge is 0.354 e. The Hall–Kier alpha value is -4.19. The normalized spacial score (nSPS) is 17.9. The van der Waals surface area contributed by atoms with Gasteiger partial charge >= 0.3 is 5.97 Å². The number of carbonyl (C=O) groups excluding carboxylic acids is 1. The van der Waals surface area contributed by atoms with Crippen molar-refractivity contribution < 1.29 is 14.5 Å². The summed E-state index contributed by atoms with van der Waals surface area (Å²) in [5.74, 6) is -0.629. The molecule has 0 saturated carbocycles. The number of carbonyl (C=O) groups is 1. The lowest BCUT2D eigenvalue weighted by molar-refractivity contribution is -0.384. The highest BCUT2D eigenvalue weighted by molar-refractivity contribution is 5.94. The molecule has 6 heteroatoms. The van der Waals surface area contributed by atoms with Gasteiger partial charge in [0.2, 0.25) is 0 Å². The number of nitro benzene ring substituents is 1. The van der Waals surface area contributed by atoms with E-state index in [9.17, 15) is 14.9 Å². The molecule has 6 nitrogen and oxygen atoms in total. The molecular formula is C26H22N2O4. The monoisotopic (exact) mass is 426 g/mol. The van der Waals surface area contributed by atoms with Crippen molar-refractivity contribution in [3.63, 3.8) is 0 Å². The van der Waals surface area contributed by atoms with Crippen LogP contribution in [0.25, 0.3) is 0 Å². The Morgan fingerprint density at radius 3 is 1.97 bits per heavy atom. The molecule has 4 rings (SSSR count). The van der Waals surface area contributed by atoms with Gasteiger partial charge in [-0.15, -0.1) is 0 Å². The van der Waals surface area contributed by atoms with Gasteiger partial charge in [-0.2, -0.15) is 0 Å². The quantitative estimate of drug-likeness (QED) is 0.304. The molecule has 1 aliphatic rings. The number of ether oxygens (including phenoxy) is 1. The number of allylic oxidation sites excluding steroid dienone is 2. The zero-order chi connectivity index (χ0) is 22.5. The first-order valence-electron chi connectivity index (χ1n) is 10.2. The van der Waals surface area contributed by atoms with Gasteiger partial charge in [-0.25, -0.2) is 4.79 Å². The van der Waals surface area contributed by atoms with Crippen LogP contribution in [0.15, 0.2) is 109 Å². The molecule has 0 saturated heterocycles. The zero-order valence-corrected chi connectivity index (χ0v) is 17.5. The van der Waals surface area contributed by atoms with Crippen molar-refractivity contribution in [3.05, 3.63) is 130 Å². The van der Waals surface area contributed by atoms with Crippen LogP contribution in [0.5, 0.6) is 0 Å². The van der Waals surface area contributed by atoms with Crippen molar-refractivity contribution in [1.29, 1.82) is 0 Å². The van der Waals surface area contributed by atoms with Crippen molar-refractivity contribution in [2.24, 2.45) is 0 Å². The van der Waals surface area contributed by atoms with Crippen LogP contribution >= 0.6 is 0 Å². The minimum absolute atomic E-state index is 0.0135. The first-order chi connectivity index (χ1) is 15.6. The van der Waals surface area contributed by atoms with Crippen LogP contribution in [0.4, 0.5) is 11.4 Å². The van der Waals surface area contributed by atoms with Crippen molar-refractivity contribution in [2.75, 3.05) is 12.0 Å². The Balaban J connectivity index is 1.86. The molecule has 32 heavy (non-hydrogen) atoms. The van der Waals surface area contributed by atoms with Crippen LogP contribution < -0.4 is 4.90 Å². The number of methoxy groups -OCH3 is 1. The number of anilines is 1. The molecule has 0 aliphatic carbocycles. The van der Waals surface area contributed by atoms with Crippen molar-refractivity contribution in [2.45, 2.75) is 11.8 Å². The number of benzene rings is 3. The molecule has 0 radical (unpaired) electrons. The summed E-state index contributed by atoms with van der Waals surface area (Å²) >= 11 is 0. The lowest BCUT2D eigenvalue weighted by atomic mass is 9.81. The molecule has 0 fully saturated rings. The third-order valence-corrected chi connectivity index (χ3v) is 5.53. The second kappa shape index (κ2) is 9.31. The predicted molar refractivity (Wildman–Crippen MR) is 123 cm³/mol. The van der Waals surface area contributed by atoms with E-state index in [1.165, 1.54) is 19.2 Å². The van der Waals surface area contributed by atoms with Crippen LogP contribution in [0, 0.1) is 10.1 Å². The molecule has 3 aromatic rings. The Bertz CT molecular complexity index is 1160. The highest BCUT2D eigenvalue weighted by atomic mass is 16.6. The maximum absolute atomic E-state index is 12.8. The summed E-state index contributed by atoms with van der Waals surface area (Å²) in [6.45, 7) is 0. The first-order valence-corrected chi connectivity index (χ1v) is 10.2. The molecule has 160 valence electrons. The molecular weight excluding hydrogens is 404 g/mol. The van der Waals surface area contributed by atoms with E-state index in [0.717, 1.165) is 11.1 Å². The SMILES string of the molecule is COC(=O)C1=C[C@@H](c2ccccc2)[C@@H](c2ccccc2)C=CN1c1ccc([N+](=O)[O-])cc1. The van der Waals surface area contributed by atoms with E-state index in [1.807, 2.05) is 60.8 Å². The summed E-state index contributed by atoms with van der Waals surface area (Å²) in [6.07, 6.45) is 5.81. The number of non-ortho nitro benzene ring substituents is 1. The molecule has 0 unspecified atom stereocenters. The molecule has 0 amide bonds. The van der Waals surface area contributed by atoms with Gasteiger partial charge in [0.05, 0.1) is 12.0 Å².